The van der Waals surface area contributed by atoms with Crippen molar-refractivity contribution in [2.45, 2.75) is 31.8 Å². The van der Waals surface area contributed by atoms with Crippen molar-refractivity contribution < 1.29 is 27.5 Å². The molecule has 1 atom stereocenters. The van der Waals surface area contributed by atoms with Gasteiger partial charge >= 0.3 is 5.97 Å². The summed E-state index contributed by atoms with van der Waals surface area (Å²) >= 11 is 0. The maximum Gasteiger partial charge on any atom is 0.338 e. The van der Waals surface area contributed by atoms with Gasteiger partial charge in [-0.3, -0.25) is 4.79 Å². The zero-order valence-corrected chi connectivity index (χ0v) is 18.2. The molecular formula is C21H25NO6S. The first-order valence-corrected chi connectivity index (χ1v) is 10.4. The molecule has 7 nitrogen and oxygen atoms in total. The van der Waals surface area contributed by atoms with Gasteiger partial charge in [-0.1, -0.05) is 17.7 Å². The molecule has 29 heavy (non-hydrogen) atoms. The second-order valence-electron chi connectivity index (χ2n) is 6.88. The first kappa shape index (κ1) is 22.6. The second-order valence-corrected chi connectivity index (χ2v) is 9.00. The Morgan fingerprint density at radius 3 is 2.28 bits per heavy atom. The summed E-state index contributed by atoms with van der Waals surface area (Å²) in [4.78, 5) is 25.1. The number of ether oxygens (including phenoxy) is 2. The largest absolute Gasteiger partial charge is 0.495 e. The van der Waals surface area contributed by atoms with Gasteiger partial charge in [-0.15, -0.1) is 0 Å². The number of benzene rings is 2. The molecule has 0 N–H and O–H groups in total. The first-order chi connectivity index (χ1) is 13.5. The van der Waals surface area contributed by atoms with E-state index in [0.717, 1.165) is 15.4 Å². The fourth-order valence-electron chi connectivity index (χ4n) is 2.70. The van der Waals surface area contributed by atoms with Crippen LogP contribution >= 0.6 is 0 Å². The Morgan fingerprint density at radius 1 is 1.03 bits per heavy atom. The van der Waals surface area contributed by atoms with E-state index >= 15 is 0 Å². The van der Waals surface area contributed by atoms with Gasteiger partial charge in [0.2, 0.25) is 15.8 Å². The number of carbonyl (C=O) groups is 2. The van der Waals surface area contributed by atoms with Gasteiger partial charge in [0.1, 0.15) is 10.6 Å². The van der Waals surface area contributed by atoms with Crippen LogP contribution < -0.4 is 4.74 Å². The Morgan fingerprint density at radius 2 is 1.69 bits per heavy atom. The topological polar surface area (TPSA) is 90.0 Å². The number of esters is 1. The van der Waals surface area contributed by atoms with Gasteiger partial charge < -0.3 is 9.47 Å². The molecule has 2 rings (SSSR count). The highest BCUT2D eigenvalue weighted by Crippen LogP contribution is 2.27. The number of Topliss-reactive ketones (excluding diaryl/α,β-unsaturated/α-hetero) is 1. The standard InChI is InChI=1S/C21H25NO6S/c1-13-7-8-14(2)17(11-13)20(23)15(3)28-21(24)16-9-10-18(27-6)19(12-16)29(25,26)22(4)5/h7-12,15H,1-6H3/t15-/m1/s1. The molecule has 0 aliphatic rings. The molecule has 0 aliphatic carbocycles. The highest BCUT2D eigenvalue weighted by atomic mass is 32.2. The van der Waals surface area contributed by atoms with Crippen molar-refractivity contribution in [1.29, 1.82) is 0 Å². The van der Waals surface area contributed by atoms with E-state index in [9.17, 15) is 18.0 Å². The molecule has 156 valence electrons. The van der Waals surface area contributed by atoms with Gasteiger partial charge in [0.25, 0.3) is 0 Å². The van der Waals surface area contributed by atoms with Crippen LogP contribution in [0.25, 0.3) is 0 Å². The van der Waals surface area contributed by atoms with Crippen molar-refractivity contribution in [3.63, 3.8) is 0 Å². The van der Waals surface area contributed by atoms with Crippen molar-refractivity contribution in [3.8, 4) is 5.75 Å². The van der Waals surface area contributed by atoms with E-state index in [0.29, 0.717) is 5.56 Å². The number of aryl methyl sites for hydroxylation is 2. The molecule has 0 bridgehead atoms. The Balaban J connectivity index is 2.31. The average Bonchev–Trinajstić information content (AvgIpc) is 2.68. The van der Waals surface area contributed by atoms with Crippen LogP contribution in [0.2, 0.25) is 0 Å². The summed E-state index contributed by atoms with van der Waals surface area (Å²) < 4.78 is 36.5. The molecule has 0 aliphatic heterocycles. The summed E-state index contributed by atoms with van der Waals surface area (Å²) in [5.74, 6) is -1.02. The van der Waals surface area contributed by atoms with Crippen LogP contribution in [0, 0.1) is 13.8 Å². The maximum atomic E-state index is 12.7. The third-order valence-electron chi connectivity index (χ3n) is 4.47. The number of hydrogen-bond donors (Lipinski definition) is 0. The Kier molecular flexibility index (Phi) is 6.81. The zero-order valence-electron chi connectivity index (χ0n) is 17.3. The molecule has 0 saturated carbocycles. The highest BCUT2D eigenvalue weighted by molar-refractivity contribution is 7.89. The lowest BCUT2D eigenvalue weighted by atomic mass is 9.99. The molecule has 2 aromatic carbocycles. The highest BCUT2D eigenvalue weighted by Gasteiger charge is 2.26. The van der Waals surface area contributed by atoms with Crippen molar-refractivity contribution in [2.75, 3.05) is 21.2 Å². The van der Waals surface area contributed by atoms with Crippen molar-refractivity contribution in [3.05, 3.63) is 58.7 Å². The van der Waals surface area contributed by atoms with Crippen molar-refractivity contribution in [2.24, 2.45) is 0 Å². The Labute approximate surface area is 171 Å². The van der Waals surface area contributed by atoms with Crippen LogP contribution in [0.1, 0.15) is 38.8 Å². The summed E-state index contributed by atoms with van der Waals surface area (Å²) in [6, 6.07) is 9.43. The third-order valence-corrected chi connectivity index (χ3v) is 6.31. The van der Waals surface area contributed by atoms with E-state index in [-0.39, 0.29) is 22.0 Å². The molecule has 0 spiro atoms. The molecule has 0 radical (unpaired) electrons. The minimum Gasteiger partial charge on any atom is -0.495 e. The number of methoxy groups -OCH3 is 1. The SMILES string of the molecule is COc1ccc(C(=O)O[C@H](C)C(=O)c2cc(C)ccc2C)cc1S(=O)(=O)N(C)C. The lowest BCUT2D eigenvalue weighted by Crippen LogP contribution is -2.26. The fourth-order valence-corrected chi connectivity index (χ4v) is 3.78. The lowest BCUT2D eigenvalue weighted by molar-refractivity contribution is 0.0318. The van der Waals surface area contributed by atoms with Gasteiger partial charge in [-0.2, -0.15) is 0 Å². The molecule has 2 aromatic rings. The van der Waals surface area contributed by atoms with E-state index in [1.807, 2.05) is 26.0 Å². The summed E-state index contributed by atoms with van der Waals surface area (Å²) in [5.41, 5.74) is 2.20. The normalized spacial score (nSPS) is 12.5. The number of carbonyl (C=O) groups excluding carboxylic acids is 2. The predicted octanol–water partition coefficient (Wildman–Crippen LogP) is 2.99. The molecule has 0 heterocycles. The lowest BCUT2D eigenvalue weighted by Gasteiger charge is -2.17. The quantitative estimate of drug-likeness (QED) is 0.506. The van der Waals surface area contributed by atoms with Crippen LogP contribution in [0.5, 0.6) is 5.75 Å². The van der Waals surface area contributed by atoms with E-state index in [2.05, 4.69) is 0 Å². The minimum absolute atomic E-state index is 0.00633. The Hall–Kier alpha value is -2.71. The molecule has 0 saturated heterocycles. The number of sulfonamides is 1. The van der Waals surface area contributed by atoms with Crippen molar-refractivity contribution >= 4 is 21.8 Å². The third kappa shape index (κ3) is 4.83. The molecule has 0 aromatic heterocycles. The zero-order chi connectivity index (χ0) is 21.9. The summed E-state index contributed by atoms with van der Waals surface area (Å²) in [5, 5.41) is 0. The number of rotatable bonds is 7. The van der Waals surface area contributed by atoms with Crippen LogP contribution in [0.4, 0.5) is 0 Å². The van der Waals surface area contributed by atoms with Crippen LogP contribution in [-0.4, -0.2) is 51.8 Å². The number of hydrogen-bond acceptors (Lipinski definition) is 6. The fraction of sp³-hybridized carbons (Fsp3) is 0.333. The molecule has 0 fully saturated rings. The molecular weight excluding hydrogens is 394 g/mol. The first-order valence-electron chi connectivity index (χ1n) is 8.92. The smallest absolute Gasteiger partial charge is 0.338 e. The van der Waals surface area contributed by atoms with Gasteiger partial charge in [-0.05, 0) is 50.6 Å². The van der Waals surface area contributed by atoms with Gasteiger partial charge in [0, 0.05) is 19.7 Å². The van der Waals surface area contributed by atoms with E-state index in [1.54, 1.807) is 6.07 Å². The number of ketones is 1. The maximum absolute atomic E-state index is 12.7. The van der Waals surface area contributed by atoms with E-state index in [4.69, 9.17) is 9.47 Å². The Bertz CT molecular complexity index is 1040. The monoisotopic (exact) mass is 419 g/mol. The second kappa shape index (κ2) is 8.75. The van der Waals surface area contributed by atoms with Gasteiger partial charge in [-0.25, -0.2) is 17.5 Å². The van der Waals surface area contributed by atoms with Crippen LogP contribution in [0.15, 0.2) is 41.3 Å². The average molecular weight is 419 g/mol. The molecule has 0 amide bonds. The predicted molar refractivity (Wildman–Crippen MR) is 109 cm³/mol. The molecule has 0 unspecified atom stereocenters. The van der Waals surface area contributed by atoms with Crippen LogP contribution in [0.3, 0.4) is 0 Å². The van der Waals surface area contributed by atoms with Gasteiger partial charge in [0.15, 0.2) is 6.10 Å². The van der Waals surface area contributed by atoms with Crippen LogP contribution in [-0.2, 0) is 14.8 Å². The van der Waals surface area contributed by atoms with E-state index in [1.165, 1.54) is 46.3 Å². The minimum atomic E-state index is -3.84. The summed E-state index contributed by atoms with van der Waals surface area (Å²) in [6.07, 6.45) is -1.03. The summed E-state index contributed by atoms with van der Waals surface area (Å²) in [7, 11) is 0.259. The summed E-state index contributed by atoms with van der Waals surface area (Å²) in [6.45, 7) is 5.17. The van der Waals surface area contributed by atoms with E-state index < -0.39 is 22.1 Å². The molecule has 8 heteroatoms. The van der Waals surface area contributed by atoms with Crippen molar-refractivity contribution in [1.82, 2.24) is 4.31 Å². The van der Waals surface area contributed by atoms with Gasteiger partial charge in [0.05, 0.1) is 12.7 Å². The number of nitrogens with zero attached hydrogens (tertiary/aromatic N) is 1.